The molecule has 1 fully saturated rings. The first kappa shape index (κ1) is 17.0. The lowest BCUT2D eigenvalue weighted by atomic mass is 9.90. The van der Waals surface area contributed by atoms with Gasteiger partial charge < -0.3 is 14.6 Å². The summed E-state index contributed by atoms with van der Waals surface area (Å²) in [4.78, 5) is 19.7. The molecule has 1 aliphatic rings. The number of aliphatic hydroxyl groups is 1. The SMILES string of the molecule is O=C(c1ccc(-n2ccnc2)cc1)N1CCC(C(O)c2cccs2)CC1. The van der Waals surface area contributed by atoms with E-state index in [0.29, 0.717) is 18.7 Å². The monoisotopic (exact) mass is 367 g/mol. The van der Waals surface area contributed by atoms with Gasteiger partial charge in [-0.15, -0.1) is 11.3 Å². The van der Waals surface area contributed by atoms with Crippen LogP contribution in [0.2, 0.25) is 0 Å². The number of amides is 1. The van der Waals surface area contributed by atoms with Crippen LogP contribution >= 0.6 is 11.3 Å². The van der Waals surface area contributed by atoms with Gasteiger partial charge >= 0.3 is 0 Å². The van der Waals surface area contributed by atoms with E-state index in [-0.39, 0.29) is 11.8 Å². The molecule has 1 unspecified atom stereocenters. The Bertz CT molecular complexity index is 836. The standard InChI is InChI=1S/C20H21N3O2S/c24-19(18-2-1-13-26-18)15-7-10-22(11-8-15)20(25)16-3-5-17(6-4-16)23-12-9-21-14-23/h1-6,9,12-15,19,24H,7-8,10-11H2. The van der Waals surface area contributed by atoms with Crippen LogP contribution in [0.5, 0.6) is 0 Å². The van der Waals surface area contributed by atoms with Gasteiger partial charge in [0.1, 0.15) is 0 Å². The lowest BCUT2D eigenvalue weighted by Crippen LogP contribution is -2.39. The van der Waals surface area contributed by atoms with Crippen LogP contribution in [0, 0.1) is 5.92 Å². The van der Waals surface area contributed by atoms with E-state index in [1.54, 1.807) is 23.9 Å². The van der Waals surface area contributed by atoms with Crippen molar-refractivity contribution in [2.75, 3.05) is 13.1 Å². The fraction of sp³-hybridized carbons (Fsp3) is 0.300. The second-order valence-electron chi connectivity index (χ2n) is 6.61. The number of likely N-dealkylation sites (tertiary alicyclic amines) is 1. The molecule has 0 bridgehead atoms. The number of nitrogens with zero attached hydrogens (tertiary/aromatic N) is 3. The van der Waals surface area contributed by atoms with Crippen molar-refractivity contribution in [1.29, 1.82) is 0 Å². The van der Waals surface area contributed by atoms with Crippen molar-refractivity contribution in [3.05, 3.63) is 70.9 Å². The third-order valence-corrected chi connectivity index (χ3v) is 5.97. The Labute approximate surface area is 156 Å². The maximum Gasteiger partial charge on any atom is 0.253 e. The van der Waals surface area contributed by atoms with E-state index in [1.807, 2.05) is 57.4 Å². The second kappa shape index (κ2) is 7.43. The highest BCUT2D eigenvalue weighted by Gasteiger charge is 2.29. The Hall–Kier alpha value is -2.44. The lowest BCUT2D eigenvalue weighted by molar-refractivity contribution is 0.0474. The summed E-state index contributed by atoms with van der Waals surface area (Å²) in [7, 11) is 0. The lowest BCUT2D eigenvalue weighted by Gasteiger charge is -2.34. The summed E-state index contributed by atoms with van der Waals surface area (Å²) >= 11 is 1.59. The van der Waals surface area contributed by atoms with Crippen molar-refractivity contribution in [2.45, 2.75) is 18.9 Å². The van der Waals surface area contributed by atoms with E-state index in [2.05, 4.69) is 4.98 Å². The fourth-order valence-corrected chi connectivity index (χ4v) is 4.28. The van der Waals surface area contributed by atoms with Crippen molar-refractivity contribution >= 4 is 17.2 Å². The summed E-state index contributed by atoms with van der Waals surface area (Å²) < 4.78 is 1.91. The van der Waals surface area contributed by atoms with Crippen LogP contribution in [0.1, 0.15) is 34.2 Å². The Balaban J connectivity index is 1.37. The third kappa shape index (κ3) is 3.43. The average Bonchev–Trinajstić information content (AvgIpc) is 3.41. The number of hydrogen-bond acceptors (Lipinski definition) is 4. The minimum Gasteiger partial charge on any atom is -0.387 e. The van der Waals surface area contributed by atoms with Gasteiger partial charge in [0.15, 0.2) is 0 Å². The fourth-order valence-electron chi connectivity index (χ4n) is 3.48. The summed E-state index contributed by atoms with van der Waals surface area (Å²) in [5, 5.41) is 12.5. The number of thiophene rings is 1. The van der Waals surface area contributed by atoms with Gasteiger partial charge in [-0.1, -0.05) is 6.07 Å². The molecule has 0 saturated carbocycles. The molecule has 5 nitrogen and oxygen atoms in total. The highest BCUT2D eigenvalue weighted by atomic mass is 32.1. The number of benzene rings is 1. The van der Waals surface area contributed by atoms with E-state index in [9.17, 15) is 9.90 Å². The molecule has 1 atom stereocenters. The minimum absolute atomic E-state index is 0.0613. The van der Waals surface area contributed by atoms with E-state index in [0.717, 1.165) is 23.4 Å². The summed E-state index contributed by atoms with van der Waals surface area (Å²) in [5.41, 5.74) is 1.68. The zero-order chi connectivity index (χ0) is 17.9. The zero-order valence-corrected chi connectivity index (χ0v) is 15.2. The van der Waals surface area contributed by atoms with Crippen LogP contribution in [0.15, 0.2) is 60.5 Å². The van der Waals surface area contributed by atoms with Crippen molar-refractivity contribution < 1.29 is 9.90 Å². The normalized spacial score (nSPS) is 16.6. The van der Waals surface area contributed by atoms with Gasteiger partial charge in [0.2, 0.25) is 0 Å². The zero-order valence-electron chi connectivity index (χ0n) is 14.4. The van der Waals surface area contributed by atoms with Gasteiger partial charge in [0.25, 0.3) is 5.91 Å². The molecule has 2 aromatic heterocycles. The predicted octanol–water partition coefficient (Wildman–Crippen LogP) is 3.52. The van der Waals surface area contributed by atoms with Gasteiger partial charge in [0.05, 0.1) is 12.4 Å². The molecule has 1 N–H and O–H groups in total. The smallest absolute Gasteiger partial charge is 0.253 e. The number of imidazole rings is 1. The van der Waals surface area contributed by atoms with Crippen LogP contribution in [-0.4, -0.2) is 38.6 Å². The minimum atomic E-state index is -0.415. The number of aromatic nitrogens is 2. The van der Waals surface area contributed by atoms with E-state index in [4.69, 9.17) is 0 Å². The summed E-state index contributed by atoms with van der Waals surface area (Å²) in [6.45, 7) is 1.38. The van der Waals surface area contributed by atoms with Gasteiger partial charge in [-0.2, -0.15) is 0 Å². The second-order valence-corrected chi connectivity index (χ2v) is 7.59. The van der Waals surface area contributed by atoms with Gasteiger partial charge in [-0.25, -0.2) is 4.98 Å². The summed E-state index contributed by atoms with van der Waals surface area (Å²) in [6.07, 6.45) is 6.59. The van der Waals surface area contributed by atoms with Gasteiger partial charge in [-0.05, 0) is 54.5 Å². The van der Waals surface area contributed by atoms with Crippen LogP contribution in [-0.2, 0) is 0 Å². The summed E-state index contributed by atoms with van der Waals surface area (Å²) in [5.74, 6) is 0.285. The highest BCUT2D eigenvalue weighted by molar-refractivity contribution is 7.10. The quantitative estimate of drug-likeness (QED) is 0.768. The number of carbonyl (C=O) groups is 1. The maximum absolute atomic E-state index is 12.7. The van der Waals surface area contributed by atoms with E-state index < -0.39 is 6.10 Å². The molecule has 3 aromatic rings. The molecule has 134 valence electrons. The Morgan fingerprint density at radius 1 is 1.19 bits per heavy atom. The first-order valence-electron chi connectivity index (χ1n) is 8.81. The van der Waals surface area contributed by atoms with Gasteiger partial charge in [-0.3, -0.25) is 4.79 Å². The largest absolute Gasteiger partial charge is 0.387 e. The van der Waals surface area contributed by atoms with Crippen molar-refractivity contribution in [3.8, 4) is 5.69 Å². The molecule has 1 saturated heterocycles. The van der Waals surface area contributed by atoms with Gasteiger partial charge in [0, 0.05) is 41.6 Å². The molecular weight excluding hydrogens is 346 g/mol. The number of piperidine rings is 1. The van der Waals surface area contributed by atoms with E-state index >= 15 is 0 Å². The Kier molecular flexibility index (Phi) is 4.86. The molecule has 6 heteroatoms. The number of aliphatic hydroxyl groups excluding tert-OH is 1. The molecule has 26 heavy (non-hydrogen) atoms. The molecule has 0 radical (unpaired) electrons. The van der Waals surface area contributed by atoms with Crippen LogP contribution < -0.4 is 0 Å². The molecule has 1 aromatic carbocycles. The van der Waals surface area contributed by atoms with Crippen molar-refractivity contribution in [2.24, 2.45) is 5.92 Å². The topological polar surface area (TPSA) is 58.4 Å². The molecule has 0 spiro atoms. The molecule has 4 rings (SSSR count). The molecular formula is C20H21N3O2S. The highest BCUT2D eigenvalue weighted by Crippen LogP contribution is 2.33. The molecule has 3 heterocycles. The molecule has 1 amide bonds. The van der Waals surface area contributed by atoms with E-state index in [1.165, 1.54) is 0 Å². The van der Waals surface area contributed by atoms with Crippen molar-refractivity contribution in [3.63, 3.8) is 0 Å². The van der Waals surface area contributed by atoms with Crippen LogP contribution in [0.3, 0.4) is 0 Å². The maximum atomic E-state index is 12.7. The number of carbonyl (C=O) groups excluding carboxylic acids is 1. The first-order chi connectivity index (χ1) is 12.7. The molecule has 0 aliphatic carbocycles. The predicted molar refractivity (Wildman–Crippen MR) is 101 cm³/mol. The number of hydrogen-bond donors (Lipinski definition) is 1. The Morgan fingerprint density at radius 3 is 2.58 bits per heavy atom. The first-order valence-corrected chi connectivity index (χ1v) is 9.69. The number of rotatable bonds is 4. The van der Waals surface area contributed by atoms with Crippen LogP contribution in [0.4, 0.5) is 0 Å². The Morgan fingerprint density at radius 2 is 1.96 bits per heavy atom. The molecule has 1 aliphatic heterocycles. The third-order valence-electron chi connectivity index (χ3n) is 5.02. The summed E-state index contributed by atoms with van der Waals surface area (Å²) in [6, 6.07) is 11.5. The van der Waals surface area contributed by atoms with Crippen molar-refractivity contribution in [1.82, 2.24) is 14.5 Å². The average molecular weight is 367 g/mol. The van der Waals surface area contributed by atoms with Crippen LogP contribution in [0.25, 0.3) is 5.69 Å².